The van der Waals surface area contributed by atoms with Gasteiger partial charge in [-0.1, -0.05) is 11.6 Å². The Balaban J connectivity index is 2.55. The van der Waals surface area contributed by atoms with Gasteiger partial charge < -0.3 is 5.73 Å². The molecule has 2 N–H and O–H groups in total. The minimum Gasteiger partial charge on any atom is -0.399 e. The van der Waals surface area contributed by atoms with Gasteiger partial charge in [-0.15, -0.1) is 0 Å². The zero-order valence-electron chi connectivity index (χ0n) is 7.11. The molecule has 3 nitrogen and oxygen atoms in total. The van der Waals surface area contributed by atoms with Crippen molar-refractivity contribution >= 4 is 17.3 Å². The van der Waals surface area contributed by atoms with Crippen LogP contribution >= 0.6 is 11.6 Å². The lowest BCUT2D eigenvalue weighted by Gasteiger charge is -2.04. The smallest absolute Gasteiger partial charge is 0.161 e. The van der Waals surface area contributed by atoms with Crippen molar-refractivity contribution in [1.82, 2.24) is 9.78 Å². The fraction of sp³-hybridized carbons (Fsp3) is 0. The molecule has 0 aliphatic heterocycles. The van der Waals surface area contributed by atoms with Crippen molar-refractivity contribution in [1.29, 1.82) is 0 Å². The maximum atomic E-state index is 12.7. The monoisotopic (exact) mass is 211 g/mol. The molecule has 2 rings (SSSR count). The van der Waals surface area contributed by atoms with Crippen LogP contribution in [0.25, 0.3) is 5.69 Å². The second-order valence-electron chi connectivity index (χ2n) is 2.81. The Bertz CT molecular complexity index is 467. The quantitative estimate of drug-likeness (QED) is 0.736. The van der Waals surface area contributed by atoms with Gasteiger partial charge in [0.1, 0.15) is 0 Å². The van der Waals surface area contributed by atoms with Gasteiger partial charge in [-0.25, -0.2) is 9.07 Å². The normalized spacial score (nSPS) is 10.4. The summed E-state index contributed by atoms with van der Waals surface area (Å²) >= 11 is 5.90. The van der Waals surface area contributed by atoms with Crippen LogP contribution in [0.4, 0.5) is 10.1 Å². The first-order chi connectivity index (χ1) is 6.66. The fourth-order valence-electron chi connectivity index (χ4n) is 1.14. The molecular weight excluding hydrogens is 205 g/mol. The predicted molar refractivity (Wildman–Crippen MR) is 52.9 cm³/mol. The van der Waals surface area contributed by atoms with E-state index in [1.54, 1.807) is 18.2 Å². The molecule has 0 aliphatic rings. The Morgan fingerprint density at radius 2 is 2.21 bits per heavy atom. The molecular formula is C9H7ClFN3. The highest BCUT2D eigenvalue weighted by Gasteiger charge is 2.05. The van der Waals surface area contributed by atoms with E-state index < -0.39 is 5.82 Å². The third kappa shape index (κ3) is 1.56. The standard InChI is InChI=1S/C9H7ClFN3/c10-8-2-1-7(12)3-9(8)14-5-6(11)4-13-14/h1-5H,12H2. The lowest BCUT2D eigenvalue weighted by Crippen LogP contribution is -1.96. The SMILES string of the molecule is Nc1ccc(Cl)c(-n2cc(F)cn2)c1. The molecule has 2 aromatic rings. The zero-order valence-corrected chi connectivity index (χ0v) is 7.87. The summed E-state index contributed by atoms with van der Waals surface area (Å²) < 4.78 is 14.0. The molecule has 1 aromatic heterocycles. The number of halogens is 2. The number of nitrogens with two attached hydrogens (primary N) is 1. The van der Waals surface area contributed by atoms with E-state index in [0.717, 1.165) is 6.20 Å². The van der Waals surface area contributed by atoms with E-state index in [-0.39, 0.29) is 0 Å². The maximum Gasteiger partial charge on any atom is 0.161 e. The first-order valence-corrected chi connectivity index (χ1v) is 4.30. The third-order valence-electron chi connectivity index (χ3n) is 1.77. The minimum atomic E-state index is -0.413. The van der Waals surface area contributed by atoms with Crippen LogP contribution in [0.3, 0.4) is 0 Å². The van der Waals surface area contributed by atoms with E-state index >= 15 is 0 Å². The molecule has 0 unspecified atom stereocenters. The van der Waals surface area contributed by atoms with Gasteiger partial charge >= 0.3 is 0 Å². The topological polar surface area (TPSA) is 43.8 Å². The van der Waals surface area contributed by atoms with Gasteiger partial charge in [0.25, 0.3) is 0 Å². The van der Waals surface area contributed by atoms with Gasteiger partial charge in [0, 0.05) is 5.69 Å². The summed E-state index contributed by atoms with van der Waals surface area (Å²) in [6.07, 6.45) is 2.35. The van der Waals surface area contributed by atoms with Crippen LogP contribution in [0, 0.1) is 5.82 Å². The van der Waals surface area contributed by atoms with Crippen molar-refractivity contribution in [3.8, 4) is 5.69 Å². The summed E-state index contributed by atoms with van der Waals surface area (Å²) in [6.45, 7) is 0. The number of aromatic nitrogens is 2. The van der Waals surface area contributed by atoms with Gasteiger partial charge in [0.05, 0.1) is 23.1 Å². The highest BCUT2D eigenvalue weighted by atomic mass is 35.5. The number of hydrogen-bond acceptors (Lipinski definition) is 2. The summed E-state index contributed by atoms with van der Waals surface area (Å²) in [7, 11) is 0. The Morgan fingerprint density at radius 1 is 1.43 bits per heavy atom. The van der Waals surface area contributed by atoms with Crippen LogP contribution in [0.2, 0.25) is 5.02 Å². The van der Waals surface area contributed by atoms with E-state index in [4.69, 9.17) is 17.3 Å². The lowest BCUT2D eigenvalue weighted by molar-refractivity contribution is 0.627. The Hall–Kier alpha value is -1.55. The number of nitrogens with zero attached hydrogens (tertiary/aromatic N) is 2. The first-order valence-electron chi connectivity index (χ1n) is 3.92. The Kier molecular flexibility index (Phi) is 2.13. The lowest BCUT2D eigenvalue weighted by atomic mass is 10.3. The van der Waals surface area contributed by atoms with Crippen LogP contribution in [0.15, 0.2) is 30.6 Å². The van der Waals surface area contributed by atoms with Crippen LogP contribution in [-0.4, -0.2) is 9.78 Å². The molecule has 5 heteroatoms. The van der Waals surface area contributed by atoms with Gasteiger partial charge in [-0.3, -0.25) is 0 Å². The predicted octanol–water partition coefficient (Wildman–Crippen LogP) is 2.25. The van der Waals surface area contributed by atoms with E-state index in [1.165, 1.54) is 10.9 Å². The van der Waals surface area contributed by atoms with Gasteiger partial charge in [0.2, 0.25) is 0 Å². The van der Waals surface area contributed by atoms with Crippen LogP contribution in [0.1, 0.15) is 0 Å². The van der Waals surface area contributed by atoms with Crippen molar-refractivity contribution < 1.29 is 4.39 Å². The first kappa shape index (κ1) is 9.02. The molecule has 0 fully saturated rings. The number of anilines is 1. The Morgan fingerprint density at radius 3 is 2.86 bits per heavy atom. The molecule has 0 saturated carbocycles. The second-order valence-corrected chi connectivity index (χ2v) is 3.22. The van der Waals surface area contributed by atoms with Crippen LogP contribution in [-0.2, 0) is 0 Å². The molecule has 0 radical (unpaired) electrons. The van der Waals surface area contributed by atoms with Gasteiger partial charge in [-0.2, -0.15) is 5.10 Å². The van der Waals surface area contributed by atoms with Crippen LogP contribution < -0.4 is 5.73 Å². The van der Waals surface area contributed by atoms with E-state index in [9.17, 15) is 4.39 Å². The van der Waals surface area contributed by atoms with E-state index in [2.05, 4.69) is 5.10 Å². The molecule has 72 valence electrons. The zero-order chi connectivity index (χ0) is 10.1. The number of hydrogen-bond donors (Lipinski definition) is 1. The number of benzene rings is 1. The van der Waals surface area contributed by atoms with Gasteiger partial charge in [-0.05, 0) is 18.2 Å². The molecule has 0 spiro atoms. The molecule has 0 atom stereocenters. The minimum absolute atomic E-state index is 0.413. The van der Waals surface area contributed by atoms with Crippen LogP contribution in [0.5, 0.6) is 0 Å². The molecule has 1 heterocycles. The summed E-state index contributed by atoms with van der Waals surface area (Å²) in [6, 6.07) is 4.95. The third-order valence-corrected chi connectivity index (χ3v) is 2.09. The largest absolute Gasteiger partial charge is 0.399 e. The van der Waals surface area contributed by atoms with E-state index in [0.29, 0.717) is 16.4 Å². The average Bonchev–Trinajstić information content (AvgIpc) is 2.56. The summed E-state index contributed by atoms with van der Waals surface area (Å²) in [5.74, 6) is -0.413. The van der Waals surface area contributed by atoms with Crippen molar-refractivity contribution in [2.24, 2.45) is 0 Å². The maximum absolute atomic E-state index is 12.7. The number of rotatable bonds is 1. The average molecular weight is 212 g/mol. The van der Waals surface area contributed by atoms with Crippen molar-refractivity contribution in [2.75, 3.05) is 5.73 Å². The van der Waals surface area contributed by atoms with Gasteiger partial charge in [0.15, 0.2) is 5.82 Å². The highest BCUT2D eigenvalue weighted by molar-refractivity contribution is 6.32. The molecule has 14 heavy (non-hydrogen) atoms. The number of nitrogen functional groups attached to an aromatic ring is 1. The molecule has 0 bridgehead atoms. The van der Waals surface area contributed by atoms with Crippen molar-refractivity contribution in [3.63, 3.8) is 0 Å². The highest BCUT2D eigenvalue weighted by Crippen LogP contribution is 2.22. The molecule has 0 amide bonds. The second kappa shape index (κ2) is 3.31. The molecule has 1 aromatic carbocycles. The van der Waals surface area contributed by atoms with Crippen molar-refractivity contribution in [3.05, 3.63) is 41.4 Å². The van der Waals surface area contributed by atoms with Crippen molar-refractivity contribution in [2.45, 2.75) is 0 Å². The fourth-order valence-corrected chi connectivity index (χ4v) is 1.34. The molecule has 0 saturated heterocycles. The molecule has 0 aliphatic carbocycles. The summed E-state index contributed by atoms with van der Waals surface area (Å²) in [4.78, 5) is 0. The Labute approximate surface area is 84.9 Å². The summed E-state index contributed by atoms with van der Waals surface area (Å²) in [5.41, 5.74) is 6.70. The van der Waals surface area contributed by atoms with E-state index in [1.807, 2.05) is 0 Å². The summed E-state index contributed by atoms with van der Waals surface area (Å²) in [5, 5.41) is 4.26.